The van der Waals surface area contributed by atoms with Gasteiger partial charge in [0.1, 0.15) is 5.76 Å². The summed E-state index contributed by atoms with van der Waals surface area (Å²) in [7, 11) is 0. The molecule has 0 bridgehead atoms. The molecule has 0 atom stereocenters. The average Bonchev–Trinajstić information content (AvgIpc) is 2.94. The molecule has 0 saturated heterocycles. The highest BCUT2D eigenvalue weighted by Gasteiger charge is 2.36. The van der Waals surface area contributed by atoms with Crippen LogP contribution in [-0.4, -0.2) is 45.3 Å². The molecule has 0 aromatic rings. The largest absolute Gasteiger partial charge is 0.507 e. The molecule has 2 aliphatic rings. The van der Waals surface area contributed by atoms with Crippen LogP contribution in [0.1, 0.15) is 118 Å². The number of esters is 2. The molecule has 0 fully saturated rings. The first-order valence-electron chi connectivity index (χ1n) is 14.7. The zero-order valence-corrected chi connectivity index (χ0v) is 25.1. The van der Waals surface area contributed by atoms with E-state index in [9.17, 15) is 39.0 Å². The maximum absolute atomic E-state index is 12.4. The van der Waals surface area contributed by atoms with E-state index in [-0.39, 0.29) is 40.2 Å². The van der Waals surface area contributed by atoms with Crippen LogP contribution in [0.4, 0.5) is 0 Å². The number of rotatable bonds is 17. The average molecular weight is 587 g/mol. The SMILES string of the molecule is CC(=O)OC1=C(C)C(O)=C(CCCCCCCCCCCCCCC2=C(OC(C)=O)C(=O)C(C)=C(O)C2=O)C(=O)C1=O. The number of carbonyl (C=O) groups is 6. The molecule has 2 N–H and O–H groups in total. The Labute approximate surface area is 246 Å². The molecule has 2 rings (SSSR count). The van der Waals surface area contributed by atoms with E-state index in [1.54, 1.807) is 0 Å². The van der Waals surface area contributed by atoms with Gasteiger partial charge in [0, 0.05) is 30.6 Å². The predicted molar refractivity (Wildman–Crippen MR) is 153 cm³/mol. The van der Waals surface area contributed by atoms with Crippen LogP contribution in [0, 0.1) is 0 Å². The van der Waals surface area contributed by atoms with Crippen LogP contribution in [0.15, 0.2) is 45.3 Å². The van der Waals surface area contributed by atoms with Gasteiger partial charge in [-0.2, -0.15) is 0 Å². The molecule has 0 saturated carbocycles. The number of Topliss-reactive ketones (excluding diaryl/α,β-unsaturated/α-hetero) is 4. The zero-order chi connectivity index (χ0) is 31.4. The van der Waals surface area contributed by atoms with Crippen molar-refractivity contribution in [3.63, 3.8) is 0 Å². The molecule has 0 amide bonds. The van der Waals surface area contributed by atoms with Crippen molar-refractivity contribution in [3.8, 4) is 0 Å². The van der Waals surface area contributed by atoms with Crippen LogP contribution >= 0.6 is 0 Å². The number of aliphatic hydroxyl groups excluding tert-OH is 2. The molecule has 0 radical (unpaired) electrons. The summed E-state index contributed by atoms with van der Waals surface area (Å²) in [6.07, 6.45) is 12.1. The molecule has 230 valence electrons. The second-order valence-electron chi connectivity index (χ2n) is 10.8. The summed E-state index contributed by atoms with van der Waals surface area (Å²) in [6.45, 7) is 5.07. The van der Waals surface area contributed by atoms with Gasteiger partial charge in [-0.1, -0.05) is 64.2 Å². The van der Waals surface area contributed by atoms with Gasteiger partial charge >= 0.3 is 11.9 Å². The highest BCUT2D eigenvalue weighted by molar-refractivity contribution is 6.50. The van der Waals surface area contributed by atoms with Gasteiger partial charge in [0.05, 0.1) is 5.57 Å². The number of ether oxygens (including phenoxy) is 2. The summed E-state index contributed by atoms with van der Waals surface area (Å²) in [5.41, 5.74) is 0.139. The highest BCUT2D eigenvalue weighted by atomic mass is 16.5. The molecule has 0 aliphatic heterocycles. The smallest absolute Gasteiger partial charge is 0.308 e. The van der Waals surface area contributed by atoms with Gasteiger partial charge in [-0.25, -0.2) is 0 Å². The van der Waals surface area contributed by atoms with Crippen LogP contribution in [0.3, 0.4) is 0 Å². The number of ketones is 4. The van der Waals surface area contributed by atoms with E-state index in [0.717, 1.165) is 78.1 Å². The van der Waals surface area contributed by atoms with E-state index in [1.165, 1.54) is 13.8 Å². The number of hydrogen-bond acceptors (Lipinski definition) is 10. The summed E-state index contributed by atoms with van der Waals surface area (Å²) in [6, 6.07) is 0. The lowest BCUT2D eigenvalue weighted by atomic mass is 9.90. The molecule has 10 heteroatoms. The first-order valence-corrected chi connectivity index (χ1v) is 14.7. The van der Waals surface area contributed by atoms with Gasteiger partial charge in [0.15, 0.2) is 17.3 Å². The summed E-state index contributed by atoms with van der Waals surface area (Å²) in [4.78, 5) is 71.9. The fourth-order valence-electron chi connectivity index (χ4n) is 5.03. The number of allylic oxidation sites excluding steroid dienone is 5. The maximum Gasteiger partial charge on any atom is 0.308 e. The fraction of sp³-hybridized carbons (Fsp3) is 0.562. The van der Waals surface area contributed by atoms with E-state index < -0.39 is 46.6 Å². The Morgan fingerprint density at radius 3 is 1.36 bits per heavy atom. The second-order valence-corrected chi connectivity index (χ2v) is 10.8. The van der Waals surface area contributed by atoms with Crippen molar-refractivity contribution in [2.45, 2.75) is 118 Å². The minimum Gasteiger partial charge on any atom is -0.507 e. The molecular weight excluding hydrogens is 544 g/mol. The minimum atomic E-state index is -0.898. The summed E-state index contributed by atoms with van der Waals surface area (Å²) < 4.78 is 9.81. The molecule has 0 spiro atoms. The number of carbonyl (C=O) groups excluding carboxylic acids is 6. The monoisotopic (exact) mass is 586 g/mol. The summed E-state index contributed by atoms with van der Waals surface area (Å²) >= 11 is 0. The van der Waals surface area contributed by atoms with Crippen molar-refractivity contribution in [1.29, 1.82) is 0 Å². The van der Waals surface area contributed by atoms with Crippen molar-refractivity contribution >= 4 is 35.1 Å². The Morgan fingerprint density at radius 2 is 0.905 bits per heavy atom. The van der Waals surface area contributed by atoms with E-state index in [0.29, 0.717) is 19.3 Å². The van der Waals surface area contributed by atoms with E-state index in [2.05, 4.69) is 0 Å². The van der Waals surface area contributed by atoms with Crippen LogP contribution in [-0.2, 0) is 38.2 Å². The third-order valence-corrected chi connectivity index (χ3v) is 7.43. The standard InChI is InChI=1S/C32H42O10/c1-19-26(36)29(39)24(32(27(19)37)42-22(4)34)18-16-14-12-10-8-6-5-7-9-11-13-15-17-23-25(35)20(2)31(41-21(3)33)30(40)28(23)38/h35-36H,5-18H2,1-4H3. The van der Waals surface area contributed by atoms with Crippen molar-refractivity contribution in [3.05, 3.63) is 45.3 Å². The Hall–Kier alpha value is -3.82. The van der Waals surface area contributed by atoms with Crippen LogP contribution in [0.2, 0.25) is 0 Å². The fourth-order valence-corrected chi connectivity index (χ4v) is 5.03. The minimum absolute atomic E-state index is 0.0611. The van der Waals surface area contributed by atoms with Gasteiger partial charge in [-0.3, -0.25) is 28.8 Å². The zero-order valence-electron chi connectivity index (χ0n) is 25.1. The number of aliphatic hydroxyl groups is 2. The molecule has 0 heterocycles. The quantitative estimate of drug-likeness (QED) is 0.0674. The maximum atomic E-state index is 12.4. The van der Waals surface area contributed by atoms with Gasteiger partial charge in [0.2, 0.25) is 17.3 Å². The molecule has 0 unspecified atom stereocenters. The molecule has 10 nitrogen and oxygen atoms in total. The normalized spacial score (nSPS) is 16.2. The topological polar surface area (TPSA) is 161 Å². The second kappa shape index (κ2) is 16.6. The molecule has 0 aromatic carbocycles. The Balaban J connectivity index is 1.58. The summed E-state index contributed by atoms with van der Waals surface area (Å²) in [5.74, 6) is -5.93. The molecular formula is C32H42O10. The van der Waals surface area contributed by atoms with Crippen molar-refractivity contribution in [1.82, 2.24) is 0 Å². The third-order valence-electron chi connectivity index (χ3n) is 7.43. The lowest BCUT2D eigenvalue weighted by Crippen LogP contribution is -2.28. The van der Waals surface area contributed by atoms with Crippen molar-refractivity contribution in [2.24, 2.45) is 0 Å². The highest BCUT2D eigenvalue weighted by Crippen LogP contribution is 2.29. The van der Waals surface area contributed by atoms with Gasteiger partial charge in [-0.15, -0.1) is 0 Å². The third kappa shape index (κ3) is 9.36. The van der Waals surface area contributed by atoms with Gasteiger partial charge in [0.25, 0.3) is 5.78 Å². The molecule has 42 heavy (non-hydrogen) atoms. The predicted octanol–water partition coefficient (Wildman–Crippen LogP) is 6.05. The van der Waals surface area contributed by atoms with E-state index in [4.69, 9.17) is 9.47 Å². The van der Waals surface area contributed by atoms with E-state index >= 15 is 0 Å². The Kier molecular flexibility index (Phi) is 13.6. The lowest BCUT2D eigenvalue weighted by molar-refractivity contribution is -0.143. The van der Waals surface area contributed by atoms with Gasteiger partial charge in [-0.05, 0) is 39.5 Å². The van der Waals surface area contributed by atoms with Crippen LogP contribution in [0.25, 0.3) is 0 Å². The van der Waals surface area contributed by atoms with Gasteiger partial charge < -0.3 is 19.7 Å². The number of hydrogen-bond donors (Lipinski definition) is 2. The first-order chi connectivity index (χ1) is 19.9. The summed E-state index contributed by atoms with van der Waals surface area (Å²) in [5, 5.41) is 20.3. The lowest BCUT2D eigenvalue weighted by Gasteiger charge is -2.18. The molecule has 2 aliphatic carbocycles. The van der Waals surface area contributed by atoms with Crippen LogP contribution in [0.5, 0.6) is 0 Å². The molecule has 0 aromatic heterocycles. The van der Waals surface area contributed by atoms with Crippen molar-refractivity contribution < 1.29 is 48.5 Å². The van der Waals surface area contributed by atoms with Crippen LogP contribution < -0.4 is 0 Å². The van der Waals surface area contributed by atoms with Crippen molar-refractivity contribution in [2.75, 3.05) is 0 Å². The first kappa shape index (κ1) is 34.4. The Morgan fingerprint density at radius 1 is 0.500 bits per heavy atom. The number of unbranched alkanes of at least 4 members (excludes halogenated alkanes) is 11. The Bertz CT molecular complexity index is 1240. The van der Waals surface area contributed by atoms with E-state index in [1.807, 2.05) is 0 Å².